The third kappa shape index (κ3) is 4.40. The van der Waals surface area contributed by atoms with Gasteiger partial charge in [0.1, 0.15) is 5.75 Å². The number of rotatable bonds is 5. The number of pyridine rings is 1. The molecule has 6 nitrogen and oxygen atoms in total. The van der Waals surface area contributed by atoms with Crippen LogP contribution in [0.4, 0.5) is 5.69 Å². The van der Waals surface area contributed by atoms with Crippen LogP contribution >= 0.6 is 0 Å². The second-order valence-electron chi connectivity index (χ2n) is 10.2. The van der Waals surface area contributed by atoms with Crippen molar-refractivity contribution in [2.75, 3.05) is 12.4 Å². The standard InChI is InChI=1S/C32H31N3O3/c1-38-25-17-15-21(16-18-25)30-29(31(36)34-23-19-22-9-5-8-14-28(22)33-20-23)26-12-6-7-13-27(26)32(37)35(30)24-10-3-2-4-11-24/h5-9,12-20,24,29-30H,2-4,10-11H2,1H3,(H,34,36)/t29-,30-/m1/s1. The minimum atomic E-state index is -0.578. The maximum absolute atomic E-state index is 14.2. The van der Waals surface area contributed by atoms with Crippen LogP contribution in [0.15, 0.2) is 85.1 Å². The molecule has 6 rings (SSSR count). The van der Waals surface area contributed by atoms with Crippen LogP contribution in [-0.4, -0.2) is 34.8 Å². The van der Waals surface area contributed by atoms with Crippen LogP contribution in [0.25, 0.3) is 10.9 Å². The third-order valence-electron chi connectivity index (χ3n) is 7.94. The highest BCUT2D eigenvalue weighted by Crippen LogP contribution is 2.46. The average molecular weight is 506 g/mol. The molecule has 6 heteroatoms. The summed E-state index contributed by atoms with van der Waals surface area (Å²) in [6, 6.07) is 24.8. The zero-order chi connectivity index (χ0) is 26.1. The van der Waals surface area contributed by atoms with Gasteiger partial charge in [0, 0.05) is 17.0 Å². The monoisotopic (exact) mass is 505 g/mol. The van der Waals surface area contributed by atoms with Crippen molar-refractivity contribution in [1.82, 2.24) is 9.88 Å². The van der Waals surface area contributed by atoms with E-state index in [-0.39, 0.29) is 17.9 Å². The van der Waals surface area contributed by atoms with Gasteiger partial charge in [-0.2, -0.15) is 0 Å². The summed E-state index contributed by atoms with van der Waals surface area (Å²) in [5.74, 6) is 0.0165. The molecule has 2 atom stereocenters. The summed E-state index contributed by atoms with van der Waals surface area (Å²) in [5.41, 5.74) is 3.81. The van der Waals surface area contributed by atoms with E-state index in [0.29, 0.717) is 11.3 Å². The highest BCUT2D eigenvalue weighted by molar-refractivity contribution is 6.05. The van der Waals surface area contributed by atoms with Crippen molar-refractivity contribution in [3.8, 4) is 5.75 Å². The Kier molecular flexibility index (Phi) is 6.54. The van der Waals surface area contributed by atoms with Crippen molar-refractivity contribution in [2.24, 2.45) is 0 Å². The Bertz CT molecular complexity index is 1480. The first-order valence-corrected chi connectivity index (χ1v) is 13.4. The molecule has 0 saturated heterocycles. The molecule has 1 saturated carbocycles. The fourth-order valence-corrected chi connectivity index (χ4v) is 6.11. The van der Waals surface area contributed by atoms with E-state index < -0.39 is 12.0 Å². The molecule has 1 aromatic heterocycles. The van der Waals surface area contributed by atoms with E-state index in [1.807, 2.05) is 83.8 Å². The second kappa shape index (κ2) is 10.3. The molecule has 2 amide bonds. The SMILES string of the molecule is COc1ccc([C@@H]2[C@H](C(=O)Nc3cnc4ccccc4c3)c3ccccc3C(=O)N2C2CCCCC2)cc1. The van der Waals surface area contributed by atoms with Gasteiger partial charge in [-0.25, -0.2) is 0 Å². The fraction of sp³-hybridized carbons (Fsp3) is 0.281. The lowest BCUT2D eigenvalue weighted by Crippen LogP contribution is -2.51. The molecule has 38 heavy (non-hydrogen) atoms. The highest BCUT2D eigenvalue weighted by Gasteiger charge is 2.46. The molecule has 0 radical (unpaired) electrons. The van der Waals surface area contributed by atoms with Crippen molar-refractivity contribution in [2.45, 2.75) is 50.1 Å². The molecule has 192 valence electrons. The van der Waals surface area contributed by atoms with Crippen molar-refractivity contribution in [1.29, 1.82) is 0 Å². The Morgan fingerprint density at radius 3 is 2.47 bits per heavy atom. The molecule has 0 bridgehead atoms. The van der Waals surface area contributed by atoms with Crippen LogP contribution in [0.1, 0.15) is 65.5 Å². The zero-order valence-electron chi connectivity index (χ0n) is 21.5. The number of nitrogens with one attached hydrogen (secondary N) is 1. The second-order valence-corrected chi connectivity index (χ2v) is 10.2. The third-order valence-corrected chi connectivity index (χ3v) is 7.94. The summed E-state index contributed by atoms with van der Waals surface area (Å²) < 4.78 is 5.40. The number of carbonyl (C=O) groups excluding carboxylic acids is 2. The van der Waals surface area contributed by atoms with Crippen LogP contribution in [0, 0.1) is 0 Å². The van der Waals surface area contributed by atoms with Crippen molar-refractivity contribution in [3.63, 3.8) is 0 Å². The van der Waals surface area contributed by atoms with Gasteiger partial charge in [-0.1, -0.05) is 67.8 Å². The van der Waals surface area contributed by atoms with Gasteiger partial charge in [-0.15, -0.1) is 0 Å². The van der Waals surface area contributed by atoms with E-state index in [1.165, 1.54) is 6.42 Å². The van der Waals surface area contributed by atoms with Crippen molar-refractivity contribution < 1.29 is 14.3 Å². The number of carbonyl (C=O) groups is 2. The van der Waals surface area contributed by atoms with Crippen LogP contribution in [0.5, 0.6) is 5.75 Å². The maximum Gasteiger partial charge on any atom is 0.254 e. The lowest BCUT2D eigenvalue weighted by molar-refractivity contribution is -0.119. The minimum Gasteiger partial charge on any atom is -0.497 e. The molecule has 2 heterocycles. The van der Waals surface area contributed by atoms with Crippen molar-refractivity contribution >= 4 is 28.4 Å². The Morgan fingerprint density at radius 2 is 1.68 bits per heavy atom. The molecule has 1 aliphatic heterocycles. The van der Waals surface area contributed by atoms with Crippen LogP contribution in [0.3, 0.4) is 0 Å². The first-order chi connectivity index (χ1) is 18.6. The molecular weight excluding hydrogens is 474 g/mol. The Labute approximate surface area is 222 Å². The van der Waals surface area contributed by atoms with E-state index in [1.54, 1.807) is 13.3 Å². The number of anilines is 1. The van der Waals surface area contributed by atoms with Gasteiger partial charge >= 0.3 is 0 Å². The number of benzene rings is 3. The number of nitrogens with zero attached hydrogens (tertiary/aromatic N) is 2. The van der Waals surface area contributed by atoms with E-state index in [4.69, 9.17) is 4.74 Å². The zero-order valence-corrected chi connectivity index (χ0v) is 21.5. The van der Waals surface area contributed by atoms with Crippen LogP contribution in [0.2, 0.25) is 0 Å². The number of fused-ring (bicyclic) bond motifs is 2. The molecule has 2 aliphatic rings. The summed E-state index contributed by atoms with van der Waals surface area (Å²) in [7, 11) is 1.64. The predicted molar refractivity (Wildman–Crippen MR) is 148 cm³/mol. The summed E-state index contributed by atoms with van der Waals surface area (Å²) in [4.78, 5) is 34.8. The number of methoxy groups -OCH3 is 1. The Balaban J connectivity index is 1.46. The molecule has 3 aromatic carbocycles. The lowest BCUT2D eigenvalue weighted by Gasteiger charge is -2.46. The van der Waals surface area contributed by atoms with E-state index >= 15 is 0 Å². The highest BCUT2D eigenvalue weighted by atomic mass is 16.5. The largest absolute Gasteiger partial charge is 0.497 e. The molecule has 1 aliphatic carbocycles. The maximum atomic E-state index is 14.2. The molecule has 0 unspecified atom stereocenters. The molecular formula is C32H31N3O3. The van der Waals surface area contributed by atoms with Gasteiger partial charge in [0.15, 0.2) is 0 Å². The van der Waals surface area contributed by atoms with Crippen molar-refractivity contribution in [3.05, 3.63) is 102 Å². The molecule has 1 N–H and O–H groups in total. The number of ether oxygens (including phenoxy) is 1. The Hall–Kier alpha value is -4.19. The summed E-state index contributed by atoms with van der Waals surface area (Å²) in [5, 5.41) is 4.10. The smallest absolute Gasteiger partial charge is 0.254 e. The number of aromatic nitrogens is 1. The summed E-state index contributed by atoms with van der Waals surface area (Å²) in [6.07, 6.45) is 6.95. The number of hydrogen-bond acceptors (Lipinski definition) is 4. The van der Waals surface area contributed by atoms with E-state index in [2.05, 4.69) is 10.3 Å². The van der Waals surface area contributed by atoms with E-state index in [9.17, 15) is 9.59 Å². The van der Waals surface area contributed by atoms with Crippen LogP contribution in [-0.2, 0) is 4.79 Å². The van der Waals surface area contributed by atoms with Gasteiger partial charge in [0.05, 0.1) is 36.5 Å². The van der Waals surface area contributed by atoms with E-state index in [0.717, 1.165) is 53.5 Å². The van der Waals surface area contributed by atoms with Gasteiger partial charge < -0.3 is 15.0 Å². The molecule has 1 fully saturated rings. The first-order valence-electron chi connectivity index (χ1n) is 13.4. The minimum absolute atomic E-state index is 0.00439. The number of hydrogen-bond donors (Lipinski definition) is 1. The average Bonchev–Trinajstić information content (AvgIpc) is 2.97. The van der Waals surface area contributed by atoms with Gasteiger partial charge in [0.25, 0.3) is 5.91 Å². The normalized spacial score (nSPS) is 19.7. The molecule has 4 aromatic rings. The first kappa shape index (κ1) is 24.2. The number of para-hydroxylation sites is 1. The van der Waals surface area contributed by atoms with Gasteiger partial charge in [-0.3, -0.25) is 14.6 Å². The van der Waals surface area contributed by atoms with Crippen LogP contribution < -0.4 is 10.1 Å². The fourth-order valence-electron chi connectivity index (χ4n) is 6.11. The number of amides is 2. The Morgan fingerprint density at radius 1 is 0.947 bits per heavy atom. The molecule has 0 spiro atoms. The summed E-state index contributed by atoms with van der Waals surface area (Å²) >= 11 is 0. The van der Waals surface area contributed by atoms with Gasteiger partial charge in [0.2, 0.25) is 5.91 Å². The van der Waals surface area contributed by atoms with Gasteiger partial charge in [-0.05, 0) is 54.3 Å². The topological polar surface area (TPSA) is 71.5 Å². The predicted octanol–water partition coefficient (Wildman–Crippen LogP) is 6.50. The quantitative estimate of drug-likeness (QED) is 0.336. The summed E-state index contributed by atoms with van der Waals surface area (Å²) in [6.45, 7) is 0. The lowest BCUT2D eigenvalue weighted by atomic mass is 9.77.